The molecule has 21 heavy (non-hydrogen) atoms. The van der Waals surface area contributed by atoms with E-state index in [1.165, 1.54) is 17.0 Å². The molecular weight excluding hydrogens is 281 g/mol. The zero-order valence-electron chi connectivity index (χ0n) is 11.1. The highest BCUT2D eigenvalue weighted by atomic mass is 19.1. The summed E-state index contributed by atoms with van der Waals surface area (Å²) in [6.07, 6.45) is 0.428. The molecule has 7 nitrogen and oxygen atoms in total. The van der Waals surface area contributed by atoms with Gasteiger partial charge >= 0.3 is 0 Å². The standard InChI is InChI=1S/C13H14FN3O4/c14-7-12(18)15-11-5-6-16(13(11)19)8-9-1-3-10(4-2-9)17(20)21/h1-4,11H,5-8H2,(H,15,18)/t11-/m0/s1. The minimum absolute atomic E-state index is 0.0143. The lowest BCUT2D eigenvalue weighted by atomic mass is 10.2. The zero-order valence-corrected chi connectivity index (χ0v) is 11.1. The molecule has 1 heterocycles. The highest BCUT2D eigenvalue weighted by Gasteiger charge is 2.32. The van der Waals surface area contributed by atoms with E-state index in [4.69, 9.17) is 0 Å². The number of carbonyl (C=O) groups is 2. The summed E-state index contributed by atoms with van der Waals surface area (Å²) < 4.78 is 12.1. The van der Waals surface area contributed by atoms with Crippen molar-refractivity contribution in [3.8, 4) is 0 Å². The fourth-order valence-corrected chi connectivity index (χ4v) is 2.21. The summed E-state index contributed by atoms with van der Waals surface area (Å²) in [6.45, 7) is -0.391. The third-order valence-corrected chi connectivity index (χ3v) is 3.27. The van der Waals surface area contributed by atoms with Crippen molar-refractivity contribution in [1.82, 2.24) is 10.2 Å². The maximum atomic E-state index is 12.1. The lowest BCUT2D eigenvalue weighted by molar-refractivity contribution is -0.384. The fraction of sp³-hybridized carbons (Fsp3) is 0.385. The van der Waals surface area contributed by atoms with Crippen molar-refractivity contribution in [2.75, 3.05) is 13.2 Å². The van der Waals surface area contributed by atoms with Gasteiger partial charge in [0.2, 0.25) is 5.91 Å². The first kappa shape index (κ1) is 14.9. The van der Waals surface area contributed by atoms with Crippen LogP contribution in [0, 0.1) is 10.1 Å². The minimum Gasteiger partial charge on any atom is -0.342 e. The average molecular weight is 295 g/mol. The highest BCUT2D eigenvalue weighted by Crippen LogP contribution is 2.17. The van der Waals surface area contributed by atoms with Gasteiger partial charge in [0.1, 0.15) is 6.04 Å². The Bertz CT molecular complexity index is 561. The number of hydrogen-bond donors (Lipinski definition) is 1. The van der Waals surface area contributed by atoms with Crippen LogP contribution in [0.15, 0.2) is 24.3 Å². The van der Waals surface area contributed by atoms with E-state index in [9.17, 15) is 24.1 Å². The number of nitrogens with zero attached hydrogens (tertiary/aromatic N) is 2. The topological polar surface area (TPSA) is 92.6 Å². The SMILES string of the molecule is O=C(CF)N[C@H]1CCN(Cc2ccc([N+](=O)[O-])cc2)C1=O. The predicted octanol–water partition coefficient (Wildman–Crippen LogP) is 0.781. The molecule has 0 spiro atoms. The van der Waals surface area contributed by atoms with Gasteiger partial charge in [-0.15, -0.1) is 0 Å². The van der Waals surface area contributed by atoms with Crippen molar-refractivity contribution in [2.45, 2.75) is 19.0 Å². The normalized spacial score (nSPS) is 17.9. The van der Waals surface area contributed by atoms with Gasteiger partial charge < -0.3 is 10.2 Å². The molecule has 0 radical (unpaired) electrons. The maximum Gasteiger partial charge on any atom is 0.269 e. The van der Waals surface area contributed by atoms with Gasteiger partial charge in [-0.1, -0.05) is 12.1 Å². The van der Waals surface area contributed by atoms with Crippen molar-refractivity contribution >= 4 is 17.5 Å². The van der Waals surface area contributed by atoms with Gasteiger partial charge in [-0.3, -0.25) is 19.7 Å². The molecule has 2 amide bonds. The quantitative estimate of drug-likeness (QED) is 0.642. The first-order valence-electron chi connectivity index (χ1n) is 6.38. The van der Waals surface area contributed by atoms with Crippen LogP contribution in [0.25, 0.3) is 0 Å². The summed E-state index contributed by atoms with van der Waals surface area (Å²) in [5.41, 5.74) is 0.742. The Morgan fingerprint density at radius 3 is 2.67 bits per heavy atom. The van der Waals surface area contributed by atoms with E-state index in [0.717, 1.165) is 5.56 Å². The van der Waals surface area contributed by atoms with Gasteiger partial charge in [0.05, 0.1) is 4.92 Å². The number of amides is 2. The average Bonchev–Trinajstić information content (AvgIpc) is 2.80. The number of nitro groups is 1. The summed E-state index contributed by atoms with van der Waals surface area (Å²) in [5, 5.41) is 12.9. The van der Waals surface area contributed by atoms with E-state index < -0.39 is 23.5 Å². The molecular formula is C13H14FN3O4. The lowest BCUT2D eigenvalue weighted by Crippen LogP contribution is -2.41. The molecule has 1 aromatic carbocycles. The smallest absolute Gasteiger partial charge is 0.269 e. The Morgan fingerprint density at radius 2 is 2.10 bits per heavy atom. The largest absolute Gasteiger partial charge is 0.342 e. The summed E-state index contributed by atoms with van der Waals surface area (Å²) in [5.74, 6) is -1.07. The van der Waals surface area contributed by atoms with E-state index in [1.807, 2.05) is 0 Å². The molecule has 1 saturated heterocycles. The molecule has 2 rings (SSSR count). The van der Waals surface area contributed by atoms with Crippen LogP contribution in [0.1, 0.15) is 12.0 Å². The molecule has 0 bridgehead atoms. The second kappa shape index (κ2) is 6.29. The number of non-ortho nitro benzene ring substituents is 1. The molecule has 0 aromatic heterocycles. The molecule has 112 valence electrons. The van der Waals surface area contributed by atoms with Crippen LogP contribution in [0.5, 0.6) is 0 Å². The van der Waals surface area contributed by atoms with E-state index in [0.29, 0.717) is 19.5 Å². The van der Waals surface area contributed by atoms with Crippen molar-refractivity contribution in [2.24, 2.45) is 0 Å². The summed E-state index contributed by atoms with van der Waals surface area (Å²) in [7, 11) is 0. The van der Waals surface area contributed by atoms with Crippen LogP contribution in [0.4, 0.5) is 10.1 Å². The Kier molecular flexibility index (Phi) is 4.46. The van der Waals surface area contributed by atoms with Gasteiger partial charge in [-0.2, -0.15) is 0 Å². The molecule has 1 atom stereocenters. The fourth-order valence-electron chi connectivity index (χ4n) is 2.21. The number of likely N-dealkylation sites (tertiary alicyclic amines) is 1. The van der Waals surface area contributed by atoms with Crippen molar-refractivity contribution in [1.29, 1.82) is 0 Å². The van der Waals surface area contributed by atoms with E-state index >= 15 is 0 Å². The third kappa shape index (κ3) is 3.53. The Hall–Kier alpha value is -2.51. The van der Waals surface area contributed by atoms with Crippen LogP contribution in [0.3, 0.4) is 0 Å². The van der Waals surface area contributed by atoms with Gasteiger partial charge in [-0.05, 0) is 12.0 Å². The second-order valence-corrected chi connectivity index (χ2v) is 4.73. The number of nitro benzene ring substituents is 1. The van der Waals surface area contributed by atoms with E-state index in [2.05, 4.69) is 5.32 Å². The molecule has 0 saturated carbocycles. The van der Waals surface area contributed by atoms with Crippen LogP contribution < -0.4 is 5.32 Å². The predicted molar refractivity (Wildman–Crippen MR) is 71.0 cm³/mol. The van der Waals surface area contributed by atoms with Gasteiger partial charge in [0.15, 0.2) is 6.67 Å². The summed E-state index contributed by atoms with van der Waals surface area (Å²) in [6, 6.07) is 5.22. The number of alkyl halides is 1. The zero-order chi connectivity index (χ0) is 15.4. The molecule has 1 aliphatic rings. The number of nitrogens with one attached hydrogen (secondary N) is 1. The third-order valence-electron chi connectivity index (χ3n) is 3.27. The summed E-state index contributed by atoms with van der Waals surface area (Å²) in [4.78, 5) is 34.6. The van der Waals surface area contributed by atoms with Crippen LogP contribution in [-0.2, 0) is 16.1 Å². The van der Waals surface area contributed by atoms with E-state index in [-0.39, 0.29) is 11.6 Å². The lowest BCUT2D eigenvalue weighted by Gasteiger charge is -2.17. The monoisotopic (exact) mass is 295 g/mol. The number of rotatable bonds is 5. The Morgan fingerprint density at radius 1 is 1.43 bits per heavy atom. The van der Waals surface area contributed by atoms with Crippen molar-refractivity contribution in [3.63, 3.8) is 0 Å². The molecule has 1 aliphatic heterocycles. The van der Waals surface area contributed by atoms with Crippen molar-refractivity contribution < 1.29 is 18.9 Å². The molecule has 0 aliphatic carbocycles. The van der Waals surface area contributed by atoms with Crippen LogP contribution in [-0.4, -0.2) is 40.9 Å². The Labute approximate surface area is 119 Å². The number of halogens is 1. The first-order chi connectivity index (χ1) is 10.0. The van der Waals surface area contributed by atoms with Crippen LogP contribution >= 0.6 is 0 Å². The number of benzene rings is 1. The molecule has 0 unspecified atom stereocenters. The molecule has 8 heteroatoms. The van der Waals surface area contributed by atoms with E-state index in [1.54, 1.807) is 12.1 Å². The van der Waals surface area contributed by atoms with Gasteiger partial charge in [0, 0.05) is 25.2 Å². The molecule has 1 aromatic rings. The van der Waals surface area contributed by atoms with Crippen molar-refractivity contribution in [3.05, 3.63) is 39.9 Å². The highest BCUT2D eigenvalue weighted by molar-refractivity contribution is 5.89. The molecule has 1 N–H and O–H groups in total. The van der Waals surface area contributed by atoms with Gasteiger partial charge in [-0.25, -0.2) is 4.39 Å². The van der Waals surface area contributed by atoms with Gasteiger partial charge in [0.25, 0.3) is 11.6 Å². The number of carbonyl (C=O) groups excluding carboxylic acids is 2. The second-order valence-electron chi connectivity index (χ2n) is 4.73. The molecule has 1 fully saturated rings. The van der Waals surface area contributed by atoms with Crippen LogP contribution in [0.2, 0.25) is 0 Å². The minimum atomic E-state index is -1.15. The maximum absolute atomic E-state index is 12.1. The summed E-state index contributed by atoms with van der Waals surface area (Å²) >= 11 is 0. The Balaban J connectivity index is 1.96. The number of hydrogen-bond acceptors (Lipinski definition) is 4. The first-order valence-corrected chi connectivity index (χ1v) is 6.38.